The molecule has 0 radical (unpaired) electrons. The Labute approximate surface area is 113 Å². The van der Waals surface area contributed by atoms with Gasteiger partial charge in [-0.1, -0.05) is 25.1 Å². The van der Waals surface area contributed by atoms with Gasteiger partial charge in [0.05, 0.1) is 6.61 Å². The van der Waals surface area contributed by atoms with Gasteiger partial charge in [-0.15, -0.1) is 0 Å². The zero-order valence-corrected chi connectivity index (χ0v) is 11.4. The monoisotopic (exact) mass is 260 g/mol. The Morgan fingerprint density at radius 3 is 2.84 bits per heavy atom. The molecular weight excluding hydrogens is 240 g/mol. The number of aromatic nitrogens is 1. The van der Waals surface area contributed by atoms with Gasteiger partial charge < -0.3 is 14.6 Å². The normalized spacial score (nSPS) is 12.7. The molecular formula is C15H20N2O2. The first-order chi connectivity index (χ1) is 9.26. The predicted octanol–water partition coefficient (Wildman–Crippen LogP) is 1.63. The van der Waals surface area contributed by atoms with Crippen LogP contribution in [0.2, 0.25) is 0 Å². The lowest BCUT2D eigenvalue weighted by Gasteiger charge is -2.18. The van der Waals surface area contributed by atoms with E-state index in [2.05, 4.69) is 5.32 Å². The van der Waals surface area contributed by atoms with Crippen LogP contribution in [0, 0.1) is 0 Å². The van der Waals surface area contributed by atoms with Gasteiger partial charge in [0, 0.05) is 31.3 Å². The second kappa shape index (κ2) is 6.50. The van der Waals surface area contributed by atoms with E-state index in [9.17, 15) is 4.79 Å². The van der Waals surface area contributed by atoms with E-state index in [1.54, 1.807) is 11.7 Å². The lowest BCUT2D eigenvalue weighted by Crippen LogP contribution is -2.39. The standard InChI is InChI=1S/C15H20N2O2/c1-3-16-13(11-19-2)10-17-9-8-12-6-4-5-7-14(12)15(17)18/h4-9,13,16H,3,10-11H2,1-2H3. The minimum Gasteiger partial charge on any atom is -0.383 e. The Kier molecular flexibility index (Phi) is 4.71. The van der Waals surface area contributed by atoms with Crippen LogP contribution >= 0.6 is 0 Å². The van der Waals surface area contributed by atoms with Crippen LogP contribution in [0.25, 0.3) is 10.8 Å². The maximum absolute atomic E-state index is 12.4. The van der Waals surface area contributed by atoms with Crippen LogP contribution in [0.15, 0.2) is 41.3 Å². The fourth-order valence-electron chi connectivity index (χ4n) is 2.28. The van der Waals surface area contributed by atoms with Crippen LogP contribution in [-0.2, 0) is 11.3 Å². The van der Waals surface area contributed by atoms with Crippen molar-refractivity contribution in [3.8, 4) is 0 Å². The number of pyridine rings is 1. The Balaban J connectivity index is 2.29. The van der Waals surface area contributed by atoms with E-state index >= 15 is 0 Å². The summed E-state index contributed by atoms with van der Waals surface area (Å²) >= 11 is 0. The summed E-state index contributed by atoms with van der Waals surface area (Å²) in [6.45, 7) is 4.11. The first kappa shape index (κ1) is 13.8. The summed E-state index contributed by atoms with van der Waals surface area (Å²) in [7, 11) is 1.67. The Morgan fingerprint density at radius 2 is 2.11 bits per heavy atom. The van der Waals surface area contributed by atoms with E-state index in [-0.39, 0.29) is 11.6 Å². The largest absolute Gasteiger partial charge is 0.383 e. The zero-order valence-electron chi connectivity index (χ0n) is 11.4. The molecule has 2 rings (SSSR count). The van der Waals surface area contributed by atoms with E-state index in [1.807, 2.05) is 43.5 Å². The molecule has 1 heterocycles. The average molecular weight is 260 g/mol. The van der Waals surface area contributed by atoms with Crippen LogP contribution in [0.3, 0.4) is 0 Å². The summed E-state index contributed by atoms with van der Waals surface area (Å²) in [5.41, 5.74) is 0.0529. The molecule has 0 amide bonds. The van der Waals surface area contributed by atoms with E-state index in [0.29, 0.717) is 13.2 Å². The number of nitrogens with one attached hydrogen (secondary N) is 1. The highest BCUT2D eigenvalue weighted by Gasteiger charge is 2.09. The Hall–Kier alpha value is -1.65. The SMILES string of the molecule is CCNC(COC)Cn1ccc2ccccc2c1=O. The van der Waals surface area contributed by atoms with Crippen molar-refractivity contribution < 1.29 is 4.74 Å². The van der Waals surface area contributed by atoms with Gasteiger partial charge in [-0.05, 0) is 24.1 Å². The number of likely N-dealkylation sites (N-methyl/N-ethyl adjacent to an activating group) is 1. The number of rotatable bonds is 6. The quantitative estimate of drug-likeness (QED) is 0.858. The molecule has 1 aromatic heterocycles. The van der Waals surface area contributed by atoms with Crippen molar-refractivity contribution in [2.24, 2.45) is 0 Å². The molecule has 0 aliphatic carbocycles. The predicted molar refractivity (Wildman–Crippen MR) is 77.5 cm³/mol. The fourth-order valence-corrected chi connectivity index (χ4v) is 2.28. The first-order valence-corrected chi connectivity index (χ1v) is 6.56. The second-order valence-corrected chi connectivity index (χ2v) is 4.57. The highest BCUT2D eigenvalue weighted by atomic mass is 16.5. The average Bonchev–Trinajstić information content (AvgIpc) is 2.43. The minimum atomic E-state index is 0.0529. The van der Waals surface area contributed by atoms with Gasteiger partial charge in [0.2, 0.25) is 0 Å². The fraction of sp³-hybridized carbons (Fsp3) is 0.400. The number of nitrogens with zero attached hydrogens (tertiary/aromatic N) is 1. The molecule has 1 aromatic carbocycles. The third kappa shape index (κ3) is 3.22. The number of hydrogen-bond donors (Lipinski definition) is 1. The number of fused-ring (bicyclic) bond motifs is 1. The molecule has 0 fully saturated rings. The maximum Gasteiger partial charge on any atom is 0.258 e. The highest BCUT2D eigenvalue weighted by molar-refractivity contribution is 5.81. The molecule has 1 N–H and O–H groups in total. The van der Waals surface area contributed by atoms with Crippen LogP contribution in [-0.4, -0.2) is 30.9 Å². The van der Waals surface area contributed by atoms with Crippen molar-refractivity contribution in [3.05, 3.63) is 46.9 Å². The number of benzene rings is 1. The molecule has 2 aromatic rings. The molecule has 0 spiro atoms. The summed E-state index contributed by atoms with van der Waals surface area (Å²) < 4.78 is 6.92. The van der Waals surface area contributed by atoms with Crippen LogP contribution in [0.4, 0.5) is 0 Å². The van der Waals surface area contributed by atoms with Gasteiger partial charge in [-0.3, -0.25) is 4.79 Å². The van der Waals surface area contributed by atoms with Crippen molar-refractivity contribution in [2.75, 3.05) is 20.3 Å². The molecule has 0 aliphatic heterocycles. The topological polar surface area (TPSA) is 43.3 Å². The molecule has 4 nitrogen and oxygen atoms in total. The number of ether oxygens (including phenoxy) is 1. The Morgan fingerprint density at radius 1 is 1.32 bits per heavy atom. The number of methoxy groups -OCH3 is 1. The smallest absolute Gasteiger partial charge is 0.258 e. The zero-order chi connectivity index (χ0) is 13.7. The molecule has 4 heteroatoms. The third-order valence-electron chi connectivity index (χ3n) is 3.16. The number of hydrogen-bond acceptors (Lipinski definition) is 3. The molecule has 19 heavy (non-hydrogen) atoms. The molecule has 1 atom stereocenters. The van der Waals surface area contributed by atoms with E-state index in [1.165, 1.54) is 0 Å². The van der Waals surface area contributed by atoms with Crippen molar-refractivity contribution in [2.45, 2.75) is 19.5 Å². The van der Waals surface area contributed by atoms with Gasteiger partial charge in [-0.2, -0.15) is 0 Å². The summed E-state index contributed by atoms with van der Waals surface area (Å²) in [5.74, 6) is 0. The summed E-state index contributed by atoms with van der Waals surface area (Å²) in [4.78, 5) is 12.4. The molecule has 0 saturated carbocycles. The van der Waals surface area contributed by atoms with Crippen molar-refractivity contribution >= 4 is 10.8 Å². The molecule has 0 aliphatic rings. The van der Waals surface area contributed by atoms with Gasteiger partial charge in [-0.25, -0.2) is 0 Å². The summed E-state index contributed by atoms with van der Waals surface area (Å²) in [6.07, 6.45) is 1.85. The van der Waals surface area contributed by atoms with Gasteiger partial charge in [0.15, 0.2) is 0 Å². The molecule has 0 bridgehead atoms. The van der Waals surface area contributed by atoms with Gasteiger partial charge in [0.25, 0.3) is 5.56 Å². The van der Waals surface area contributed by atoms with Crippen LogP contribution in [0.1, 0.15) is 6.92 Å². The summed E-state index contributed by atoms with van der Waals surface area (Å²) in [6, 6.07) is 9.79. The maximum atomic E-state index is 12.4. The van der Waals surface area contributed by atoms with Crippen LogP contribution < -0.4 is 10.9 Å². The van der Waals surface area contributed by atoms with Crippen molar-refractivity contribution in [1.82, 2.24) is 9.88 Å². The van der Waals surface area contributed by atoms with Crippen molar-refractivity contribution in [3.63, 3.8) is 0 Å². The lowest BCUT2D eigenvalue weighted by molar-refractivity contribution is 0.159. The van der Waals surface area contributed by atoms with E-state index in [4.69, 9.17) is 4.74 Å². The van der Waals surface area contributed by atoms with Gasteiger partial charge >= 0.3 is 0 Å². The van der Waals surface area contributed by atoms with E-state index < -0.39 is 0 Å². The Bertz CT molecular complexity index is 586. The molecule has 102 valence electrons. The van der Waals surface area contributed by atoms with Crippen LogP contribution in [0.5, 0.6) is 0 Å². The molecule has 0 saturated heterocycles. The van der Waals surface area contributed by atoms with Crippen molar-refractivity contribution in [1.29, 1.82) is 0 Å². The minimum absolute atomic E-state index is 0.0529. The lowest BCUT2D eigenvalue weighted by atomic mass is 10.2. The summed E-state index contributed by atoms with van der Waals surface area (Å²) in [5, 5.41) is 5.07. The third-order valence-corrected chi connectivity index (χ3v) is 3.16. The molecule has 1 unspecified atom stereocenters. The van der Waals surface area contributed by atoms with E-state index in [0.717, 1.165) is 17.3 Å². The highest BCUT2D eigenvalue weighted by Crippen LogP contribution is 2.08. The first-order valence-electron chi connectivity index (χ1n) is 6.56. The second-order valence-electron chi connectivity index (χ2n) is 4.57. The van der Waals surface area contributed by atoms with Gasteiger partial charge in [0.1, 0.15) is 0 Å².